The highest BCUT2D eigenvalue weighted by Crippen LogP contribution is 2.29. The zero-order valence-electron chi connectivity index (χ0n) is 22.2. The minimum atomic E-state index is -4.60. The number of aliphatic carboxylic acids is 2. The lowest BCUT2D eigenvalue weighted by Gasteiger charge is -2.17. The van der Waals surface area contributed by atoms with E-state index in [0.29, 0.717) is 23.6 Å². The van der Waals surface area contributed by atoms with Crippen LogP contribution in [0.1, 0.15) is 28.8 Å². The number of amides is 1. The van der Waals surface area contributed by atoms with Gasteiger partial charge in [-0.25, -0.2) is 10.9 Å². The van der Waals surface area contributed by atoms with Crippen molar-refractivity contribution in [2.24, 2.45) is 38.2 Å². The first kappa shape index (κ1) is 30.6. The lowest BCUT2D eigenvalue weighted by molar-refractivity contribution is -0.154. The zero-order valence-corrected chi connectivity index (χ0v) is 23.0. The molecule has 15 nitrogen and oxygen atoms in total. The molecular weight excluding hydrogens is 582 g/mol. The van der Waals surface area contributed by atoms with Crippen LogP contribution in [0.25, 0.3) is 12.2 Å². The van der Waals surface area contributed by atoms with Crippen molar-refractivity contribution in [2.45, 2.75) is 24.2 Å². The molecule has 7 N–H and O–H groups in total. The van der Waals surface area contributed by atoms with E-state index in [-0.39, 0.29) is 44.8 Å². The molecular formula is C27H25N7O8S. The number of anilines is 1. The Balaban J connectivity index is 1.55. The summed E-state index contributed by atoms with van der Waals surface area (Å²) >= 11 is 0. The van der Waals surface area contributed by atoms with Crippen LogP contribution >= 0.6 is 0 Å². The molecule has 0 radical (unpaired) electrons. The third-order valence-corrected chi connectivity index (χ3v) is 7.37. The van der Waals surface area contributed by atoms with Crippen molar-refractivity contribution in [1.29, 1.82) is 0 Å². The van der Waals surface area contributed by atoms with Gasteiger partial charge in [-0.1, -0.05) is 29.5 Å². The molecule has 43 heavy (non-hydrogen) atoms. The van der Waals surface area contributed by atoms with Gasteiger partial charge in [0.15, 0.2) is 5.92 Å². The molecule has 0 saturated carbocycles. The first-order valence-electron chi connectivity index (χ1n) is 12.5. The lowest BCUT2D eigenvalue weighted by atomic mass is 9.99. The van der Waals surface area contributed by atoms with Crippen molar-refractivity contribution in [3.8, 4) is 0 Å². The number of hydrazine groups is 1. The molecule has 0 aliphatic heterocycles. The summed E-state index contributed by atoms with van der Waals surface area (Å²) in [7, 11) is -4.60. The van der Waals surface area contributed by atoms with Gasteiger partial charge in [-0.2, -0.15) is 13.5 Å². The van der Waals surface area contributed by atoms with Crippen LogP contribution in [-0.2, 0) is 26.1 Å². The average Bonchev–Trinajstić information content (AvgIpc) is 2.98. The Labute approximate surface area is 243 Å². The van der Waals surface area contributed by atoms with E-state index in [1.165, 1.54) is 48.5 Å². The summed E-state index contributed by atoms with van der Waals surface area (Å²) in [5, 5.41) is 35.0. The van der Waals surface area contributed by atoms with Crippen LogP contribution in [0, 0.1) is 5.92 Å². The number of carbonyl (C=O) groups excluding carboxylic acids is 1. The predicted octanol–water partition coefficient (Wildman–Crippen LogP) is 2.51. The van der Waals surface area contributed by atoms with Gasteiger partial charge in [-0.15, -0.1) is 10.2 Å². The van der Waals surface area contributed by atoms with E-state index in [2.05, 4.69) is 20.6 Å². The molecule has 1 aliphatic carbocycles. The highest BCUT2D eigenvalue weighted by molar-refractivity contribution is 7.85. The van der Waals surface area contributed by atoms with Gasteiger partial charge in [0.1, 0.15) is 16.3 Å². The first-order chi connectivity index (χ1) is 20.4. The summed E-state index contributed by atoms with van der Waals surface area (Å²) in [6.45, 7) is 0. The summed E-state index contributed by atoms with van der Waals surface area (Å²) in [5.74, 6) is 6.13. The van der Waals surface area contributed by atoms with E-state index >= 15 is 0 Å². The number of nitrogens with two attached hydrogens (primary N) is 2. The lowest BCUT2D eigenvalue weighted by Crippen LogP contribution is -2.37. The number of rotatable bonds is 10. The smallest absolute Gasteiger partial charge is 0.318 e. The molecule has 0 spiro atoms. The number of nitrogens with zero attached hydrogens (tertiary/aromatic N) is 5. The standard InChI is InChI=1S/C27H25N7O8S/c28-33-32-24-20-4-2-1-3-19(20)23(43(40,41)42)14-22(24)31-30-17-9-7-16(8-10-17)25(35)34(29)18-11-5-15(6-12-18)13-21(26(36)37)27(38)39/h3-12,14,21H,1-2,13,29H2,(H2,28,32)(H,36,37)(H,38,39)(H,40,41,42)/b31-30+. The fourth-order valence-corrected chi connectivity index (χ4v) is 5.07. The Morgan fingerprint density at radius 3 is 2.05 bits per heavy atom. The SMILES string of the molecule is NN=Nc1c(/N=N/c2ccc(C(=O)N(N)c3ccc(CC(C(=O)O)C(=O)O)cc3)cc2)cc(S(=O)(=O)O)c2c1=CCCC=2. The molecule has 0 aromatic heterocycles. The highest BCUT2D eigenvalue weighted by atomic mass is 32.2. The van der Waals surface area contributed by atoms with Gasteiger partial charge in [-0.3, -0.25) is 18.9 Å². The molecule has 0 unspecified atom stereocenters. The van der Waals surface area contributed by atoms with E-state index in [1.54, 1.807) is 12.2 Å². The predicted molar refractivity (Wildman–Crippen MR) is 153 cm³/mol. The maximum atomic E-state index is 12.9. The van der Waals surface area contributed by atoms with Crippen LogP contribution < -0.4 is 27.1 Å². The Kier molecular flexibility index (Phi) is 9.03. The second kappa shape index (κ2) is 12.7. The molecule has 0 bridgehead atoms. The summed E-state index contributed by atoms with van der Waals surface area (Å²) in [6, 6.07) is 12.8. The maximum Gasteiger partial charge on any atom is 0.318 e. The van der Waals surface area contributed by atoms with Crippen LogP contribution in [0.3, 0.4) is 0 Å². The number of benzene rings is 3. The van der Waals surface area contributed by atoms with E-state index in [0.717, 1.165) is 11.1 Å². The average molecular weight is 608 g/mol. The number of hydrogen-bond donors (Lipinski definition) is 5. The minimum absolute atomic E-state index is 0.0121. The molecule has 1 amide bonds. The van der Waals surface area contributed by atoms with Crippen molar-refractivity contribution in [2.75, 3.05) is 5.01 Å². The molecule has 4 rings (SSSR count). The highest BCUT2D eigenvalue weighted by Gasteiger charge is 2.26. The Morgan fingerprint density at radius 2 is 1.49 bits per heavy atom. The van der Waals surface area contributed by atoms with Gasteiger partial charge in [0, 0.05) is 16.0 Å². The molecule has 0 atom stereocenters. The van der Waals surface area contributed by atoms with Crippen LogP contribution in [0.5, 0.6) is 0 Å². The van der Waals surface area contributed by atoms with Crippen LogP contribution in [0.15, 0.2) is 80.1 Å². The third-order valence-electron chi connectivity index (χ3n) is 6.48. The molecule has 16 heteroatoms. The Hall–Kier alpha value is -5.32. The topological polar surface area (TPSA) is 251 Å². The number of azo groups is 1. The van der Waals surface area contributed by atoms with E-state index in [4.69, 9.17) is 21.9 Å². The number of hydrogen-bond acceptors (Lipinski definition) is 10. The van der Waals surface area contributed by atoms with E-state index < -0.39 is 33.9 Å². The van der Waals surface area contributed by atoms with Crippen molar-refractivity contribution < 1.29 is 37.6 Å². The van der Waals surface area contributed by atoms with Crippen molar-refractivity contribution in [3.05, 3.63) is 76.2 Å². The molecule has 0 fully saturated rings. The van der Waals surface area contributed by atoms with Crippen LogP contribution in [-0.4, -0.2) is 41.0 Å². The Bertz CT molecular complexity index is 1860. The van der Waals surface area contributed by atoms with Gasteiger partial charge >= 0.3 is 11.9 Å². The molecule has 3 aromatic rings. The summed E-state index contributed by atoms with van der Waals surface area (Å²) < 4.78 is 33.9. The fraction of sp³-hybridized carbons (Fsp3) is 0.148. The minimum Gasteiger partial charge on any atom is -0.481 e. The summed E-state index contributed by atoms with van der Waals surface area (Å²) in [6.07, 6.45) is 4.32. The number of carboxylic acid groups (broad SMARTS) is 2. The monoisotopic (exact) mass is 607 g/mol. The van der Waals surface area contributed by atoms with Crippen molar-refractivity contribution in [1.82, 2.24) is 0 Å². The van der Waals surface area contributed by atoms with Gasteiger partial charge in [0.25, 0.3) is 16.0 Å². The second-order valence-corrected chi connectivity index (χ2v) is 10.7. The van der Waals surface area contributed by atoms with Crippen molar-refractivity contribution in [3.63, 3.8) is 0 Å². The molecule has 0 heterocycles. The summed E-state index contributed by atoms with van der Waals surface area (Å²) in [5.41, 5.74) is 1.34. The number of carbonyl (C=O) groups is 3. The maximum absolute atomic E-state index is 12.9. The molecule has 1 aliphatic rings. The van der Waals surface area contributed by atoms with E-state index in [9.17, 15) is 27.4 Å². The number of carboxylic acids is 2. The van der Waals surface area contributed by atoms with Gasteiger partial charge < -0.3 is 16.1 Å². The second-order valence-electron chi connectivity index (χ2n) is 9.27. The van der Waals surface area contributed by atoms with E-state index in [1.807, 2.05) is 0 Å². The van der Waals surface area contributed by atoms with Gasteiger partial charge in [0.05, 0.1) is 11.4 Å². The fourth-order valence-electron chi connectivity index (χ4n) is 4.34. The molecule has 0 saturated heterocycles. The zero-order chi connectivity index (χ0) is 31.3. The normalized spacial score (nSPS) is 13.0. The third kappa shape index (κ3) is 6.95. The molecule has 3 aromatic carbocycles. The van der Waals surface area contributed by atoms with Crippen LogP contribution in [0.2, 0.25) is 0 Å². The Morgan fingerprint density at radius 1 is 0.884 bits per heavy atom. The van der Waals surface area contributed by atoms with Gasteiger partial charge in [0.2, 0.25) is 0 Å². The summed E-state index contributed by atoms with van der Waals surface area (Å²) in [4.78, 5) is 34.8. The van der Waals surface area contributed by atoms with Crippen molar-refractivity contribution >= 4 is 62.9 Å². The largest absolute Gasteiger partial charge is 0.481 e. The number of fused-ring (bicyclic) bond motifs is 1. The van der Waals surface area contributed by atoms with Gasteiger partial charge in [-0.05, 0) is 67.3 Å². The molecule has 222 valence electrons. The quantitative estimate of drug-likeness (QED) is 0.0562. The van der Waals surface area contributed by atoms with Crippen LogP contribution in [0.4, 0.5) is 22.7 Å². The first-order valence-corrected chi connectivity index (χ1v) is 14.0.